The normalized spacial score (nSPS) is 14.4. The molecule has 0 radical (unpaired) electrons. The maximum atomic E-state index is 14.4. The summed E-state index contributed by atoms with van der Waals surface area (Å²) in [5.41, 5.74) is 1.76. The number of hydrogen-bond donors (Lipinski definition) is 2. The third-order valence-electron chi connectivity index (χ3n) is 7.35. The zero-order chi connectivity index (χ0) is 34.1. The third kappa shape index (κ3) is 11.5. The van der Waals surface area contributed by atoms with Crippen molar-refractivity contribution in [3.63, 3.8) is 0 Å². The van der Waals surface area contributed by atoms with Crippen LogP contribution in [0.2, 0.25) is 0 Å². The Morgan fingerprint density at radius 1 is 0.844 bits per heavy atom. The highest BCUT2D eigenvalue weighted by Gasteiger charge is 2.39. The average Bonchev–Trinajstić information content (AvgIpc) is 2.92. The lowest BCUT2D eigenvalue weighted by Gasteiger charge is -2.36. The third-order valence-corrected chi connectivity index (χ3v) is 7.35. The van der Waals surface area contributed by atoms with E-state index in [1.165, 1.54) is 4.90 Å². The lowest BCUT2D eigenvalue weighted by Crippen LogP contribution is -2.56. The number of nitrogens with zero attached hydrogens (tertiary/aromatic N) is 1. The van der Waals surface area contributed by atoms with Gasteiger partial charge in [-0.15, -0.1) is 0 Å². The summed E-state index contributed by atoms with van der Waals surface area (Å²) in [6.07, 6.45) is 0.0938. The van der Waals surface area contributed by atoms with Gasteiger partial charge in [0.15, 0.2) is 0 Å². The number of alkyl carbamates (subject to hydrolysis) is 1. The molecule has 4 unspecified atom stereocenters. The Morgan fingerprint density at radius 2 is 1.44 bits per heavy atom. The second-order valence-corrected chi connectivity index (χ2v) is 13.7. The van der Waals surface area contributed by atoms with Gasteiger partial charge in [0.1, 0.15) is 29.3 Å². The number of benzene rings is 2. The van der Waals surface area contributed by atoms with Crippen molar-refractivity contribution in [3.05, 3.63) is 70.8 Å². The minimum atomic E-state index is -1.09. The van der Waals surface area contributed by atoms with Gasteiger partial charge in [0.25, 0.3) is 0 Å². The van der Waals surface area contributed by atoms with E-state index in [0.29, 0.717) is 12.0 Å². The van der Waals surface area contributed by atoms with Crippen LogP contribution in [0.3, 0.4) is 0 Å². The van der Waals surface area contributed by atoms with Crippen molar-refractivity contribution in [3.8, 4) is 0 Å². The summed E-state index contributed by atoms with van der Waals surface area (Å²) in [6.45, 7) is 20.2. The van der Waals surface area contributed by atoms with Crippen LogP contribution >= 0.6 is 0 Å². The first kappa shape index (κ1) is 37.3. The van der Waals surface area contributed by atoms with Crippen molar-refractivity contribution >= 4 is 23.9 Å². The summed E-state index contributed by atoms with van der Waals surface area (Å²) in [7, 11) is 0. The first-order valence-corrected chi connectivity index (χ1v) is 15.8. The molecule has 0 aromatic heterocycles. The second kappa shape index (κ2) is 15.9. The Labute approximate surface area is 269 Å². The first-order valence-electron chi connectivity index (χ1n) is 15.8. The van der Waals surface area contributed by atoms with Crippen LogP contribution < -0.4 is 10.6 Å². The van der Waals surface area contributed by atoms with E-state index in [4.69, 9.17) is 9.47 Å². The molecule has 4 atom stereocenters. The molecule has 0 heterocycles. The van der Waals surface area contributed by atoms with Crippen LogP contribution in [0.25, 0.3) is 0 Å². The summed E-state index contributed by atoms with van der Waals surface area (Å²) in [4.78, 5) is 56.5. The molecular weight excluding hydrogens is 570 g/mol. The number of carbonyl (C=O) groups excluding carboxylic acids is 4. The predicted octanol–water partition coefficient (Wildman–Crippen LogP) is 6.20. The molecule has 45 heavy (non-hydrogen) atoms. The highest BCUT2D eigenvalue weighted by molar-refractivity contribution is 5.94. The number of likely N-dealkylation sites (N-methyl/N-ethyl adjacent to an activating group) is 1. The molecule has 2 rings (SSSR count). The van der Waals surface area contributed by atoms with E-state index < -0.39 is 53.2 Å². The zero-order valence-electron chi connectivity index (χ0n) is 28.9. The molecule has 0 fully saturated rings. The molecule has 0 aliphatic heterocycles. The van der Waals surface area contributed by atoms with Gasteiger partial charge in [-0.05, 0) is 84.9 Å². The van der Waals surface area contributed by atoms with Crippen LogP contribution in [0.15, 0.2) is 48.5 Å². The Kier molecular flexibility index (Phi) is 13.2. The van der Waals surface area contributed by atoms with E-state index in [9.17, 15) is 19.2 Å². The van der Waals surface area contributed by atoms with Gasteiger partial charge >= 0.3 is 12.1 Å². The van der Waals surface area contributed by atoms with Crippen LogP contribution in [0, 0.1) is 19.8 Å². The number of hydrogen-bond acceptors (Lipinski definition) is 6. The van der Waals surface area contributed by atoms with Crippen LogP contribution in [-0.2, 0) is 30.3 Å². The maximum Gasteiger partial charge on any atom is 0.408 e. The van der Waals surface area contributed by atoms with Crippen molar-refractivity contribution in [1.82, 2.24) is 15.5 Å². The lowest BCUT2D eigenvalue weighted by molar-refractivity contribution is -0.159. The van der Waals surface area contributed by atoms with E-state index in [2.05, 4.69) is 10.6 Å². The standard InChI is InChI=1S/C36H53N3O6/c1-12-24(4)29(38-34(43)45-36(9,10)11)32(41)39(13-2)30(27-20-19-23(3)21-25(27)5)31(40)37-28(33(42)44-35(6,7)8)22-26-17-15-14-16-18-26/h14-21,24,28-30H,12-13,22H2,1-11H3,(H,37,40)(H,38,43). The molecule has 3 amide bonds. The number of rotatable bonds is 12. The molecule has 9 nitrogen and oxygen atoms in total. The second-order valence-electron chi connectivity index (χ2n) is 13.7. The Morgan fingerprint density at radius 3 is 1.96 bits per heavy atom. The minimum absolute atomic E-state index is 0.170. The lowest BCUT2D eigenvalue weighted by atomic mass is 9.93. The summed E-state index contributed by atoms with van der Waals surface area (Å²) < 4.78 is 11.2. The van der Waals surface area contributed by atoms with Gasteiger partial charge in [-0.1, -0.05) is 74.4 Å². The molecule has 9 heteroatoms. The fourth-order valence-corrected chi connectivity index (χ4v) is 5.01. The molecule has 0 saturated heterocycles. The average molecular weight is 624 g/mol. The van der Waals surface area contributed by atoms with Gasteiger partial charge in [-0.2, -0.15) is 0 Å². The van der Waals surface area contributed by atoms with E-state index >= 15 is 0 Å². The van der Waals surface area contributed by atoms with Crippen LogP contribution in [-0.4, -0.2) is 58.6 Å². The van der Waals surface area contributed by atoms with Crippen LogP contribution in [0.1, 0.15) is 97.0 Å². The van der Waals surface area contributed by atoms with Crippen molar-refractivity contribution in [2.75, 3.05) is 6.54 Å². The minimum Gasteiger partial charge on any atom is -0.458 e. The van der Waals surface area contributed by atoms with E-state index in [0.717, 1.165) is 16.7 Å². The first-order chi connectivity index (χ1) is 20.9. The highest BCUT2D eigenvalue weighted by Crippen LogP contribution is 2.28. The van der Waals surface area contributed by atoms with Crippen molar-refractivity contribution < 1.29 is 28.7 Å². The van der Waals surface area contributed by atoms with Gasteiger partial charge in [0.2, 0.25) is 11.8 Å². The van der Waals surface area contributed by atoms with E-state index in [1.54, 1.807) is 48.5 Å². The molecule has 0 aliphatic rings. The number of esters is 1. The Bertz CT molecular complexity index is 1310. The molecule has 2 aromatic rings. The largest absolute Gasteiger partial charge is 0.458 e. The SMILES string of the molecule is CCC(C)C(NC(=O)OC(C)(C)C)C(=O)N(CC)C(C(=O)NC(Cc1ccccc1)C(=O)OC(C)(C)C)c1ccc(C)cc1C. The topological polar surface area (TPSA) is 114 Å². The molecular formula is C36H53N3O6. The molecule has 0 aliphatic carbocycles. The number of carbonyl (C=O) groups is 4. The Balaban J connectivity index is 2.59. The Hall–Kier alpha value is -3.88. The smallest absolute Gasteiger partial charge is 0.408 e. The summed E-state index contributed by atoms with van der Waals surface area (Å²) in [5, 5.41) is 5.70. The summed E-state index contributed by atoms with van der Waals surface area (Å²) in [5.74, 6) is -1.77. The number of amides is 3. The summed E-state index contributed by atoms with van der Waals surface area (Å²) in [6, 6.07) is 12.0. The monoisotopic (exact) mass is 623 g/mol. The fourth-order valence-electron chi connectivity index (χ4n) is 5.01. The molecule has 0 spiro atoms. The summed E-state index contributed by atoms with van der Waals surface area (Å²) >= 11 is 0. The highest BCUT2D eigenvalue weighted by atomic mass is 16.6. The molecule has 248 valence electrons. The maximum absolute atomic E-state index is 14.4. The quantitative estimate of drug-likeness (QED) is 0.272. The molecule has 0 bridgehead atoms. The predicted molar refractivity (Wildman–Crippen MR) is 177 cm³/mol. The van der Waals surface area contributed by atoms with Crippen molar-refractivity contribution in [2.24, 2.45) is 5.92 Å². The zero-order valence-corrected chi connectivity index (χ0v) is 28.9. The van der Waals surface area contributed by atoms with E-state index in [1.807, 2.05) is 76.2 Å². The number of aryl methyl sites for hydroxylation is 2. The van der Waals surface area contributed by atoms with E-state index in [-0.39, 0.29) is 18.9 Å². The number of ether oxygens (including phenoxy) is 2. The molecule has 2 aromatic carbocycles. The van der Waals surface area contributed by atoms with Gasteiger partial charge in [-0.3, -0.25) is 9.59 Å². The van der Waals surface area contributed by atoms with Crippen molar-refractivity contribution in [1.29, 1.82) is 0 Å². The van der Waals surface area contributed by atoms with Crippen molar-refractivity contribution in [2.45, 2.75) is 118 Å². The van der Waals surface area contributed by atoms with Crippen LogP contribution in [0.5, 0.6) is 0 Å². The van der Waals surface area contributed by atoms with Gasteiger partial charge in [0, 0.05) is 13.0 Å². The molecule has 2 N–H and O–H groups in total. The fraction of sp³-hybridized carbons (Fsp3) is 0.556. The van der Waals surface area contributed by atoms with Gasteiger partial charge in [-0.25, -0.2) is 9.59 Å². The number of nitrogens with one attached hydrogen (secondary N) is 2. The van der Waals surface area contributed by atoms with Gasteiger partial charge < -0.3 is 25.0 Å². The van der Waals surface area contributed by atoms with Gasteiger partial charge in [0.05, 0.1) is 0 Å². The molecule has 0 saturated carbocycles. The van der Waals surface area contributed by atoms with Crippen LogP contribution in [0.4, 0.5) is 4.79 Å².